The molecule has 1 aromatic carbocycles. The second kappa shape index (κ2) is 5.88. The fourth-order valence-corrected chi connectivity index (χ4v) is 2.65. The van der Waals surface area contributed by atoms with Gasteiger partial charge in [0, 0.05) is 41.1 Å². The van der Waals surface area contributed by atoms with Gasteiger partial charge < -0.3 is 11.1 Å². The third-order valence-corrected chi connectivity index (χ3v) is 3.85. The van der Waals surface area contributed by atoms with E-state index >= 15 is 0 Å². The summed E-state index contributed by atoms with van der Waals surface area (Å²) in [6.45, 7) is 0.307. The zero-order chi connectivity index (χ0) is 14.7. The zero-order valence-electron chi connectivity index (χ0n) is 11.1. The number of hydrogen-bond acceptors (Lipinski definition) is 5. The van der Waals surface area contributed by atoms with Crippen LogP contribution in [-0.2, 0) is 6.54 Å². The molecule has 0 fully saturated rings. The summed E-state index contributed by atoms with van der Waals surface area (Å²) in [5.74, 6) is -0.312. The minimum Gasteiger partial charge on any atom is -0.398 e. The highest BCUT2D eigenvalue weighted by Gasteiger charge is 2.08. The minimum atomic E-state index is -0.312. The number of rotatable bonds is 4. The van der Waals surface area contributed by atoms with Crippen LogP contribution in [0.4, 0.5) is 15.2 Å². The Morgan fingerprint density at radius 2 is 2.00 bits per heavy atom. The Balaban J connectivity index is 1.74. The lowest BCUT2D eigenvalue weighted by atomic mass is 10.1. The van der Waals surface area contributed by atoms with Gasteiger partial charge in [-0.1, -0.05) is 6.07 Å². The van der Waals surface area contributed by atoms with Gasteiger partial charge in [0.25, 0.3) is 0 Å². The van der Waals surface area contributed by atoms with E-state index in [1.165, 1.54) is 17.4 Å². The van der Waals surface area contributed by atoms with Crippen LogP contribution < -0.4 is 11.1 Å². The first-order valence-electron chi connectivity index (χ1n) is 6.36. The molecule has 0 saturated heterocycles. The molecule has 106 valence electrons. The molecule has 6 heteroatoms. The van der Waals surface area contributed by atoms with Crippen molar-refractivity contribution in [2.45, 2.75) is 6.54 Å². The van der Waals surface area contributed by atoms with Crippen molar-refractivity contribution in [3.05, 3.63) is 59.5 Å². The van der Waals surface area contributed by atoms with Crippen molar-refractivity contribution in [2.24, 2.45) is 0 Å². The van der Waals surface area contributed by atoms with Crippen LogP contribution in [0.15, 0.2) is 48.1 Å². The monoisotopic (exact) mass is 300 g/mol. The van der Waals surface area contributed by atoms with Gasteiger partial charge in [0.2, 0.25) is 0 Å². The molecule has 0 aliphatic heterocycles. The molecule has 3 N–H and O–H groups in total. The molecule has 0 unspecified atom stereocenters. The van der Waals surface area contributed by atoms with E-state index in [9.17, 15) is 4.39 Å². The summed E-state index contributed by atoms with van der Waals surface area (Å²) >= 11 is 1.47. The first kappa shape index (κ1) is 13.5. The number of nitrogens with zero attached hydrogens (tertiary/aromatic N) is 2. The van der Waals surface area contributed by atoms with Gasteiger partial charge in [0.05, 0.1) is 5.69 Å². The number of halogens is 1. The van der Waals surface area contributed by atoms with Crippen molar-refractivity contribution >= 4 is 22.2 Å². The van der Waals surface area contributed by atoms with Crippen molar-refractivity contribution in [2.75, 3.05) is 11.1 Å². The Morgan fingerprint density at radius 1 is 1.19 bits per heavy atom. The maximum atomic E-state index is 13.7. The smallest absolute Gasteiger partial charge is 0.183 e. The Kier molecular flexibility index (Phi) is 3.79. The molecule has 0 saturated carbocycles. The number of nitrogens with two attached hydrogens (primary N) is 1. The molecular weight excluding hydrogens is 287 g/mol. The predicted molar refractivity (Wildman–Crippen MR) is 83.5 cm³/mol. The van der Waals surface area contributed by atoms with Crippen molar-refractivity contribution < 1.29 is 4.39 Å². The quantitative estimate of drug-likeness (QED) is 0.723. The van der Waals surface area contributed by atoms with E-state index in [4.69, 9.17) is 5.73 Å². The minimum absolute atomic E-state index is 0.307. The van der Waals surface area contributed by atoms with Gasteiger partial charge in [-0.2, -0.15) is 0 Å². The lowest BCUT2D eigenvalue weighted by Crippen LogP contribution is -2.05. The molecule has 0 aliphatic carbocycles. The molecule has 3 rings (SSSR count). The highest BCUT2D eigenvalue weighted by Crippen LogP contribution is 2.25. The van der Waals surface area contributed by atoms with E-state index in [2.05, 4.69) is 15.3 Å². The number of anilines is 2. The molecule has 0 radical (unpaired) electrons. The number of aromatic nitrogens is 2. The first-order valence-corrected chi connectivity index (χ1v) is 7.24. The largest absolute Gasteiger partial charge is 0.398 e. The third kappa shape index (κ3) is 3.00. The fourth-order valence-electron chi connectivity index (χ4n) is 1.94. The van der Waals surface area contributed by atoms with Crippen LogP contribution in [0.2, 0.25) is 0 Å². The van der Waals surface area contributed by atoms with E-state index in [1.54, 1.807) is 24.5 Å². The van der Waals surface area contributed by atoms with Gasteiger partial charge in [-0.15, -0.1) is 11.3 Å². The predicted octanol–water partition coefficient (Wildman–Crippen LogP) is 3.54. The third-order valence-electron chi connectivity index (χ3n) is 3.05. The van der Waals surface area contributed by atoms with E-state index < -0.39 is 0 Å². The van der Waals surface area contributed by atoms with Crippen molar-refractivity contribution in [3.63, 3.8) is 0 Å². The number of nitrogens with one attached hydrogen (secondary N) is 1. The molecule has 0 spiro atoms. The van der Waals surface area contributed by atoms with Gasteiger partial charge in [-0.25, -0.2) is 9.37 Å². The van der Waals surface area contributed by atoms with Crippen LogP contribution >= 0.6 is 11.3 Å². The van der Waals surface area contributed by atoms with Crippen LogP contribution in [-0.4, -0.2) is 9.97 Å². The maximum Gasteiger partial charge on any atom is 0.183 e. The number of thiazole rings is 1. The summed E-state index contributed by atoms with van der Waals surface area (Å²) < 4.78 is 13.7. The van der Waals surface area contributed by atoms with Crippen LogP contribution in [0.3, 0.4) is 0 Å². The van der Waals surface area contributed by atoms with Crippen LogP contribution in [0.1, 0.15) is 5.56 Å². The normalized spacial score (nSPS) is 10.5. The number of benzene rings is 1. The molecule has 3 aromatic rings. The zero-order valence-corrected chi connectivity index (χ0v) is 11.9. The Labute approximate surface area is 125 Å². The SMILES string of the molecule is Nc1cccc(F)c1CNc1nc(-c2ccncc2)cs1. The van der Waals surface area contributed by atoms with Crippen LogP contribution in [0.5, 0.6) is 0 Å². The molecule has 2 aromatic heterocycles. The molecule has 0 bridgehead atoms. The fraction of sp³-hybridized carbons (Fsp3) is 0.0667. The molecule has 0 atom stereocenters. The Bertz CT molecular complexity index is 722. The van der Waals surface area contributed by atoms with Gasteiger partial charge in [0.1, 0.15) is 5.82 Å². The van der Waals surface area contributed by atoms with Gasteiger partial charge in [-0.05, 0) is 24.3 Å². The van der Waals surface area contributed by atoms with E-state index in [0.29, 0.717) is 17.8 Å². The molecule has 0 amide bonds. The second-order valence-electron chi connectivity index (χ2n) is 4.43. The summed E-state index contributed by atoms with van der Waals surface area (Å²) in [5, 5.41) is 5.78. The van der Waals surface area contributed by atoms with E-state index in [-0.39, 0.29) is 5.82 Å². The van der Waals surface area contributed by atoms with E-state index in [1.807, 2.05) is 17.5 Å². The molecule has 0 aliphatic rings. The van der Waals surface area contributed by atoms with E-state index in [0.717, 1.165) is 16.4 Å². The molecule has 21 heavy (non-hydrogen) atoms. The standard InChI is InChI=1S/C15H13FN4S/c16-12-2-1-3-13(17)11(12)8-19-15-20-14(9-21-15)10-4-6-18-7-5-10/h1-7,9H,8,17H2,(H,19,20). The highest BCUT2D eigenvalue weighted by molar-refractivity contribution is 7.14. The summed E-state index contributed by atoms with van der Waals surface area (Å²) in [6.07, 6.45) is 3.45. The van der Waals surface area contributed by atoms with Crippen LogP contribution in [0.25, 0.3) is 11.3 Å². The average molecular weight is 300 g/mol. The van der Waals surface area contributed by atoms with Crippen molar-refractivity contribution in [3.8, 4) is 11.3 Å². The number of pyridine rings is 1. The number of nitrogen functional groups attached to an aromatic ring is 1. The second-order valence-corrected chi connectivity index (χ2v) is 5.29. The molecule has 2 heterocycles. The lowest BCUT2D eigenvalue weighted by molar-refractivity contribution is 0.614. The summed E-state index contributed by atoms with van der Waals surface area (Å²) in [4.78, 5) is 8.45. The first-order chi connectivity index (χ1) is 10.2. The Hall–Kier alpha value is -2.47. The lowest BCUT2D eigenvalue weighted by Gasteiger charge is -2.07. The average Bonchev–Trinajstić information content (AvgIpc) is 2.97. The van der Waals surface area contributed by atoms with Gasteiger partial charge in [0.15, 0.2) is 5.13 Å². The van der Waals surface area contributed by atoms with Gasteiger partial charge in [-0.3, -0.25) is 4.98 Å². The van der Waals surface area contributed by atoms with Gasteiger partial charge >= 0.3 is 0 Å². The molecular formula is C15H13FN4S. The van der Waals surface area contributed by atoms with Crippen molar-refractivity contribution in [1.29, 1.82) is 0 Å². The summed E-state index contributed by atoms with van der Waals surface area (Å²) in [6, 6.07) is 8.47. The van der Waals surface area contributed by atoms with Crippen LogP contribution in [0, 0.1) is 5.82 Å². The number of hydrogen-bond donors (Lipinski definition) is 2. The highest BCUT2D eigenvalue weighted by atomic mass is 32.1. The topological polar surface area (TPSA) is 63.8 Å². The molecule has 4 nitrogen and oxygen atoms in total. The van der Waals surface area contributed by atoms with Crippen molar-refractivity contribution in [1.82, 2.24) is 9.97 Å². The summed E-state index contributed by atoms with van der Waals surface area (Å²) in [5.41, 5.74) is 8.54. The maximum absolute atomic E-state index is 13.7. The summed E-state index contributed by atoms with van der Waals surface area (Å²) in [7, 11) is 0. The Morgan fingerprint density at radius 3 is 2.76 bits per heavy atom.